The molecule has 6 nitrogen and oxygen atoms in total. The summed E-state index contributed by atoms with van der Waals surface area (Å²) in [5.74, 6) is 0.615. The van der Waals surface area contributed by atoms with Crippen LogP contribution in [0.4, 0.5) is 0 Å². The summed E-state index contributed by atoms with van der Waals surface area (Å²) in [4.78, 5) is 4.40. The van der Waals surface area contributed by atoms with Crippen molar-refractivity contribution in [2.45, 2.75) is 11.8 Å². The molecule has 1 aromatic carbocycles. The van der Waals surface area contributed by atoms with Crippen LogP contribution in [0, 0.1) is 0 Å². The first-order chi connectivity index (χ1) is 10.5. The van der Waals surface area contributed by atoms with Crippen LogP contribution in [0.1, 0.15) is 6.92 Å². The molecule has 0 radical (unpaired) electrons. The summed E-state index contributed by atoms with van der Waals surface area (Å²) in [7, 11) is -3.57. The van der Waals surface area contributed by atoms with Crippen LogP contribution in [0.15, 0.2) is 46.8 Å². The molecule has 0 aliphatic rings. The molecule has 0 bridgehead atoms. The molecule has 22 heavy (non-hydrogen) atoms. The largest absolute Gasteiger partial charge is 0.357 e. The first-order valence-electron chi connectivity index (χ1n) is 6.88. The number of benzene rings is 1. The molecule has 0 heterocycles. The van der Waals surface area contributed by atoms with Crippen LogP contribution in [0.3, 0.4) is 0 Å². The Morgan fingerprint density at radius 1 is 1.41 bits per heavy atom. The number of hydrogen-bond donors (Lipinski definition) is 3. The lowest BCUT2D eigenvalue weighted by Crippen LogP contribution is -2.38. The lowest BCUT2D eigenvalue weighted by Gasteiger charge is -2.10. The molecule has 122 valence electrons. The van der Waals surface area contributed by atoms with E-state index in [4.69, 9.17) is 11.6 Å². The van der Waals surface area contributed by atoms with Crippen molar-refractivity contribution in [3.8, 4) is 0 Å². The first-order valence-corrected chi connectivity index (χ1v) is 8.74. The third kappa shape index (κ3) is 6.46. The van der Waals surface area contributed by atoms with Gasteiger partial charge < -0.3 is 10.6 Å². The zero-order chi connectivity index (χ0) is 16.4. The van der Waals surface area contributed by atoms with Gasteiger partial charge in [-0.05, 0) is 25.1 Å². The molecule has 0 aromatic heterocycles. The van der Waals surface area contributed by atoms with Gasteiger partial charge >= 0.3 is 0 Å². The van der Waals surface area contributed by atoms with E-state index in [1.807, 2.05) is 6.92 Å². The minimum absolute atomic E-state index is 0.140. The van der Waals surface area contributed by atoms with Gasteiger partial charge in [0.1, 0.15) is 0 Å². The van der Waals surface area contributed by atoms with Gasteiger partial charge in [-0.15, -0.1) is 6.58 Å². The van der Waals surface area contributed by atoms with Crippen molar-refractivity contribution in [3.63, 3.8) is 0 Å². The maximum Gasteiger partial charge on any atom is 0.240 e. The van der Waals surface area contributed by atoms with Crippen molar-refractivity contribution in [3.05, 3.63) is 41.9 Å². The number of rotatable bonds is 8. The van der Waals surface area contributed by atoms with Crippen molar-refractivity contribution in [1.29, 1.82) is 0 Å². The molecule has 1 aromatic rings. The fraction of sp³-hybridized carbons (Fsp3) is 0.357. The standard InChI is InChI=1S/C14H21ClN4O2S/c1-3-8-17-14(16-4-2)18-9-10-19-22(20,21)13-7-5-6-12(15)11-13/h3,5-7,11,19H,1,4,8-10H2,2H3,(H2,16,17,18). The van der Waals surface area contributed by atoms with E-state index in [0.717, 1.165) is 6.54 Å². The number of nitrogens with zero attached hydrogens (tertiary/aromatic N) is 1. The average molecular weight is 345 g/mol. The highest BCUT2D eigenvalue weighted by molar-refractivity contribution is 7.89. The fourth-order valence-electron chi connectivity index (χ4n) is 1.58. The Labute approximate surface area is 136 Å². The van der Waals surface area contributed by atoms with Crippen molar-refractivity contribution < 1.29 is 8.42 Å². The predicted octanol–water partition coefficient (Wildman–Crippen LogP) is 1.36. The fourth-order valence-corrected chi connectivity index (χ4v) is 2.90. The third-order valence-corrected chi connectivity index (χ3v) is 4.23. The molecule has 0 aliphatic carbocycles. The Hall–Kier alpha value is -1.57. The number of hydrogen-bond acceptors (Lipinski definition) is 3. The molecule has 8 heteroatoms. The van der Waals surface area contributed by atoms with Gasteiger partial charge in [-0.2, -0.15) is 0 Å². The lowest BCUT2D eigenvalue weighted by molar-refractivity contribution is 0.582. The normalized spacial score (nSPS) is 12.0. The van der Waals surface area contributed by atoms with E-state index in [0.29, 0.717) is 24.1 Å². The predicted molar refractivity (Wildman–Crippen MR) is 90.8 cm³/mol. The zero-order valence-corrected chi connectivity index (χ0v) is 14.0. The van der Waals surface area contributed by atoms with Gasteiger partial charge in [-0.3, -0.25) is 4.99 Å². The third-order valence-electron chi connectivity index (χ3n) is 2.54. The Morgan fingerprint density at radius 2 is 2.18 bits per heavy atom. The first kappa shape index (κ1) is 18.5. The molecule has 0 unspecified atom stereocenters. The number of halogens is 1. The molecule has 0 spiro atoms. The maximum atomic E-state index is 12.1. The minimum Gasteiger partial charge on any atom is -0.357 e. The number of guanidine groups is 1. The maximum absolute atomic E-state index is 12.1. The molecule has 0 amide bonds. The molecule has 0 fully saturated rings. The van der Waals surface area contributed by atoms with Crippen molar-refractivity contribution in [2.24, 2.45) is 4.99 Å². The average Bonchev–Trinajstić information content (AvgIpc) is 2.49. The van der Waals surface area contributed by atoms with Gasteiger partial charge in [0.2, 0.25) is 10.0 Å². The molecule has 0 saturated heterocycles. The summed E-state index contributed by atoms with van der Waals surface area (Å²) in [6.45, 7) is 7.37. The van der Waals surface area contributed by atoms with Crippen LogP contribution in [0.5, 0.6) is 0 Å². The van der Waals surface area contributed by atoms with Gasteiger partial charge in [0, 0.05) is 24.7 Å². The summed E-state index contributed by atoms with van der Waals surface area (Å²) in [6, 6.07) is 6.12. The molecular formula is C14H21ClN4O2S. The smallest absolute Gasteiger partial charge is 0.240 e. The highest BCUT2D eigenvalue weighted by atomic mass is 35.5. The van der Waals surface area contributed by atoms with Crippen molar-refractivity contribution >= 4 is 27.6 Å². The minimum atomic E-state index is -3.57. The second-order valence-electron chi connectivity index (χ2n) is 4.29. The second kappa shape index (κ2) is 9.45. The summed E-state index contributed by atoms with van der Waals surface area (Å²) in [6.07, 6.45) is 1.72. The van der Waals surface area contributed by atoms with E-state index in [1.54, 1.807) is 18.2 Å². The monoisotopic (exact) mass is 344 g/mol. The van der Waals surface area contributed by atoms with E-state index in [9.17, 15) is 8.42 Å². The van der Waals surface area contributed by atoms with Gasteiger partial charge in [-0.25, -0.2) is 13.1 Å². The highest BCUT2D eigenvalue weighted by Gasteiger charge is 2.13. The van der Waals surface area contributed by atoms with E-state index in [-0.39, 0.29) is 11.4 Å². The number of aliphatic imine (C=N–C) groups is 1. The van der Waals surface area contributed by atoms with Crippen LogP contribution in [0.25, 0.3) is 0 Å². The van der Waals surface area contributed by atoms with Crippen molar-refractivity contribution in [2.75, 3.05) is 26.2 Å². The zero-order valence-electron chi connectivity index (χ0n) is 12.5. The molecule has 0 saturated carbocycles. The molecule has 0 atom stereocenters. The Kier molecular flexibility index (Phi) is 7.94. The van der Waals surface area contributed by atoms with Gasteiger partial charge in [0.05, 0.1) is 11.4 Å². The quantitative estimate of drug-likeness (QED) is 0.288. The van der Waals surface area contributed by atoms with E-state index < -0.39 is 10.0 Å². The van der Waals surface area contributed by atoms with E-state index in [1.165, 1.54) is 12.1 Å². The summed E-state index contributed by atoms with van der Waals surface area (Å²) >= 11 is 5.80. The van der Waals surface area contributed by atoms with Crippen LogP contribution in [0.2, 0.25) is 5.02 Å². The van der Waals surface area contributed by atoms with Crippen molar-refractivity contribution in [1.82, 2.24) is 15.4 Å². The van der Waals surface area contributed by atoms with Gasteiger partial charge in [0.15, 0.2) is 5.96 Å². The van der Waals surface area contributed by atoms with Crippen LogP contribution in [-0.4, -0.2) is 40.6 Å². The summed E-state index contributed by atoms with van der Waals surface area (Å²) in [5.41, 5.74) is 0. The molecule has 3 N–H and O–H groups in total. The van der Waals surface area contributed by atoms with E-state index >= 15 is 0 Å². The van der Waals surface area contributed by atoms with E-state index in [2.05, 4.69) is 26.9 Å². The Bertz CT molecular complexity index is 617. The van der Waals surface area contributed by atoms with Crippen LogP contribution < -0.4 is 15.4 Å². The second-order valence-corrected chi connectivity index (χ2v) is 6.49. The van der Waals surface area contributed by atoms with Crippen LogP contribution in [-0.2, 0) is 10.0 Å². The topological polar surface area (TPSA) is 82.6 Å². The number of sulfonamides is 1. The van der Waals surface area contributed by atoms with Gasteiger partial charge in [0.25, 0.3) is 0 Å². The van der Waals surface area contributed by atoms with Gasteiger partial charge in [-0.1, -0.05) is 23.7 Å². The highest BCUT2D eigenvalue weighted by Crippen LogP contribution is 2.14. The molecular weight excluding hydrogens is 324 g/mol. The molecule has 0 aliphatic heterocycles. The van der Waals surface area contributed by atoms with Crippen LogP contribution >= 0.6 is 11.6 Å². The summed E-state index contributed by atoms with van der Waals surface area (Å²) in [5, 5.41) is 6.46. The molecule has 1 rings (SSSR count). The SMILES string of the molecule is C=CCNC(=NCCNS(=O)(=O)c1cccc(Cl)c1)NCC. The Morgan fingerprint density at radius 3 is 2.82 bits per heavy atom. The Balaban J connectivity index is 2.56. The summed E-state index contributed by atoms with van der Waals surface area (Å²) < 4.78 is 26.6. The lowest BCUT2D eigenvalue weighted by atomic mass is 10.4. The number of nitrogens with one attached hydrogen (secondary N) is 3.